The molecule has 2 N–H and O–H groups in total. The summed E-state index contributed by atoms with van der Waals surface area (Å²) in [5.74, 6) is -0.421. The molecular formula is C9H14N6O2. The molecule has 0 saturated carbocycles. The Bertz CT molecular complexity index is 404. The van der Waals surface area contributed by atoms with Crippen LogP contribution in [0.25, 0.3) is 0 Å². The third-order valence-corrected chi connectivity index (χ3v) is 2.86. The minimum absolute atomic E-state index is 0.0318. The molecule has 0 aliphatic carbocycles. The van der Waals surface area contributed by atoms with Gasteiger partial charge in [-0.05, 0) is 18.1 Å². The zero-order valence-electron chi connectivity index (χ0n) is 9.51. The van der Waals surface area contributed by atoms with E-state index in [1.165, 1.54) is 0 Å². The zero-order chi connectivity index (χ0) is 12.3. The van der Waals surface area contributed by atoms with Crippen LogP contribution < -0.4 is 5.32 Å². The number of amides is 2. The maximum Gasteiger partial charge on any atom is 0.295 e. The quantitative estimate of drug-likeness (QED) is 0.673. The Labute approximate surface area is 97.8 Å². The smallest absolute Gasteiger partial charge is 0.295 e. The summed E-state index contributed by atoms with van der Waals surface area (Å²) in [6, 6.07) is 0. The molecule has 0 radical (unpaired) electrons. The molecule has 17 heavy (non-hydrogen) atoms. The number of H-pyrrole nitrogens is 1. The number of tetrazole rings is 1. The second-order valence-corrected chi connectivity index (χ2v) is 3.94. The molecule has 1 atom stereocenters. The van der Waals surface area contributed by atoms with E-state index in [1.54, 1.807) is 11.9 Å². The highest BCUT2D eigenvalue weighted by atomic mass is 16.2. The van der Waals surface area contributed by atoms with Gasteiger partial charge in [0, 0.05) is 20.1 Å². The molecule has 2 amide bonds. The molecule has 1 fully saturated rings. The lowest BCUT2D eigenvalue weighted by molar-refractivity contribution is -0.125. The molecule has 0 spiro atoms. The molecule has 1 aromatic rings. The number of hydrogen-bond donors (Lipinski definition) is 2. The third-order valence-electron chi connectivity index (χ3n) is 2.86. The predicted molar refractivity (Wildman–Crippen MR) is 56.9 cm³/mol. The number of aromatic nitrogens is 4. The van der Waals surface area contributed by atoms with Crippen molar-refractivity contribution in [2.24, 2.45) is 5.92 Å². The fourth-order valence-corrected chi connectivity index (χ4v) is 1.97. The summed E-state index contributed by atoms with van der Waals surface area (Å²) in [6.07, 6.45) is 1.61. The first kappa shape index (κ1) is 11.5. The van der Waals surface area contributed by atoms with Crippen molar-refractivity contribution in [2.75, 3.05) is 20.1 Å². The van der Waals surface area contributed by atoms with Crippen LogP contribution in [0.15, 0.2) is 0 Å². The highest BCUT2D eigenvalue weighted by Gasteiger charge is 2.29. The lowest BCUT2D eigenvalue weighted by Gasteiger charge is -2.30. The van der Waals surface area contributed by atoms with E-state index in [9.17, 15) is 9.59 Å². The summed E-state index contributed by atoms with van der Waals surface area (Å²) in [5, 5.41) is 15.5. The van der Waals surface area contributed by atoms with Gasteiger partial charge in [0.1, 0.15) is 0 Å². The van der Waals surface area contributed by atoms with Gasteiger partial charge in [0.25, 0.3) is 11.7 Å². The lowest BCUT2D eigenvalue weighted by atomic mass is 9.97. The summed E-state index contributed by atoms with van der Waals surface area (Å²) in [4.78, 5) is 25.0. The molecule has 92 valence electrons. The van der Waals surface area contributed by atoms with Gasteiger partial charge in [-0.1, -0.05) is 0 Å². The summed E-state index contributed by atoms with van der Waals surface area (Å²) < 4.78 is 0. The molecular weight excluding hydrogens is 224 g/mol. The Morgan fingerprint density at radius 2 is 2.35 bits per heavy atom. The van der Waals surface area contributed by atoms with Gasteiger partial charge >= 0.3 is 0 Å². The van der Waals surface area contributed by atoms with Crippen LogP contribution in [0.4, 0.5) is 0 Å². The van der Waals surface area contributed by atoms with Gasteiger partial charge < -0.3 is 10.2 Å². The van der Waals surface area contributed by atoms with Crippen molar-refractivity contribution in [2.45, 2.75) is 12.8 Å². The van der Waals surface area contributed by atoms with Gasteiger partial charge in [-0.25, -0.2) is 0 Å². The van der Waals surface area contributed by atoms with Gasteiger partial charge in [0.15, 0.2) is 0 Å². The Morgan fingerprint density at radius 3 is 3.00 bits per heavy atom. The Balaban J connectivity index is 2.02. The fraction of sp³-hybridized carbons (Fsp3) is 0.667. The Kier molecular flexibility index (Phi) is 3.31. The van der Waals surface area contributed by atoms with E-state index in [1.807, 2.05) is 0 Å². The maximum absolute atomic E-state index is 11.9. The number of hydrogen-bond acceptors (Lipinski definition) is 5. The van der Waals surface area contributed by atoms with Gasteiger partial charge in [0.2, 0.25) is 5.91 Å². The van der Waals surface area contributed by atoms with Gasteiger partial charge in [-0.15, -0.1) is 10.2 Å². The van der Waals surface area contributed by atoms with E-state index in [2.05, 4.69) is 25.9 Å². The van der Waals surface area contributed by atoms with Crippen LogP contribution in [0, 0.1) is 5.92 Å². The summed E-state index contributed by atoms with van der Waals surface area (Å²) in [5.41, 5.74) is 0. The molecule has 8 nitrogen and oxygen atoms in total. The van der Waals surface area contributed by atoms with E-state index >= 15 is 0 Å². The second-order valence-electron chi connectivity index (χ2n) is 3.94. The number of nitrogens with one attached hydrogen (secondary N) is 2. The molecule has 1 aromatic heterocycles. The highest BCUT2D eigenvalue weighted by molar-refractivity contribution is 5.90. The third kappa shape index (κ3) is 2.40. The van der Waals surface area contributed by atoms with E-state index in [-0.39, 0.29) is 23.6 Å². The standard InChI is InChI=1S/C9H14N6O2/c1-10-8(16)6-3-2-4-15(5-6)9(17)7-11-13-14-12-7/h6H,2-5H2,1H3,(H,10,16)(H,11,12,13,14). The summed E-state index contributed by atoms with van der Waals surface area (Å²) >= 11 is 0. The van der Waals surface area contributed by atoms with Crippen molar-refractivity contribution in [3.63, 3.8) is 0 Å². The number of carbonyl (C=O) groups is 2. The minimum atomic E-state index is -0.285. The highest BCUT2D eigenvalue weighted by Crippen LogP contribution is 2.17. The Morgan fingerprint density at radius 1 is 1.53 bits per heavy atom. The van der Waals surface area contributed by atoms with Crippen LogP contribution in [0.5, 0.6) is 0 Å². The molecule has 8 heteroatoms. The number of nitrogens with zero attached hydrogens (tertiary/aromatic N) is 4. The van der Waals surface area contributed by atoms with Crippen molar-refractivity contribution in [1.82, 2.24) is 30.8 Å². The van der Waals surface area contributed by atoms with E-state index in [0.717, 1.165) is 12.8 Å². The number of carbonyl (C=O) groups excluding carboxylic acids is 2. The zero-order valence-corrected chi connectivity index (χ0v) is 9.51. The predicted octanol–water partition coefficient (Wildman–Crippen LogP) is -1.20. The van der Waals surface area contributed by atoms with Crippen LogP contribution in [0.1, 0.15) is 23.5 Å². The van der Waals surface area contributed by atoms with Gasteiger partial charge in [-0.2, -0.15) is 5.21 Å². The van der Waals surface area contributed by atoms with E-state index in [4.69, 9.17) is 0 Å². The number of piperidine rings is 1. The number of likely N-dealkylation sites (tertiary alicyclic amines) is 1. The van der Waals surface area contributed by atoms with Gasteiger partial charge in [0.05, 0.1) is 5.92 Å². The largest absolute Gasteiger partial charge is 0.359 e. The molecule has 1 unspecified atom stereocenters. The van der Waals surface area contributed by atoms with Crippen LogP contribution >= 0.6 is 0 Å². The molecule has 1 aliphatic heterocycles. The first-order chi connectivity index (χ1) is 8.22. The number of aromatic amines is 1. The SMILES string of the molecule is CNC(=O)C1CCCN(C(=O)c2nn[nH]n2)C1. The fourth-order valence-electron chi connectivity index (χ4n) is 1.97. The van der Waals surface area contributed by atoms with Gasteiger partial charge in [-0.3, -0.25) is 9.59 Å². The molecule has 2 rings (SSSR count). The van der Waals surface area contributed by atoms with Crippen LogP contribution in [-0.4, -0.2) is 57.5 Å². The summed E-state index contributed by atoms with van der Waals surface area (Å²) in [7, 11) is 1.60. The average Bonchev–Trinajstić information content (AvgIpc) is 2.91. The van der Waals surface area contributed by atoms with Crippen LogP contribution in [-0.2, 0) is 4.79 Å². The summed E-state index contributed by atoms with van der Waals surface area (Å²) in [6.45, 7) is 1.04. The monoisotopic (exact) mass is 238 g/mol. The van der Waals surface area contributed by atoms with Crippen LogP contribution in [0.3, 0.4) is 0 Å². The normalized spacial score (nSPS) is 20.1. The van der Waals surface area contributed by atoms with Crippen molar-refractivity contribution >= 4 is 11.8 Å². The van der Waals surface area contributed by atoms with Crippen LogP contribution in [0.2, 0.25) is 0 Å². The van der Waals surface area contributed by atoms with Crippen molar-refractivity contribution in [1.29, 1.82) is 0 Å². The second kappa shape index (κ2) is 4.89. The van der Waals surface area contributed by atoms with E-state index < -0.39 is 0 Å². The first-order valence-corrected chi connectivity index (χ1v) is 5.46. The van der Waals surface area contributed by atoms with E-state index in [0.29, 0.717) is 13.1 Å². The molecule has 1 saturated heterocycles. The molecule has 0 aromatic carbocycles. The topological polar surface area (TPSA) is 104 Å². The minimum Gasteiger partial charge on any atom is -0.359 e. The Hall–Kier alpha value is -1.99. The lowest BCUT2D eigenvalue weighted by Crippen LogP contribution is -2.45. The van der Waals surface area contributed by atoms with Crippen molar-refractivity contribution in [3.8, 4) is 0 Å². The molecule has 1 aliphatic rings. The van der Waals surface area contributed by atoms with Crippen molar-refractivity contribution < 1.29 is 9.59 Å². The molecule has 0 bridgehead atoms. The van der Waals surface area contributed by atoms with Crippen molar-refractivity contribution in [3.05, 3.63) is 5.82 Å². The molecule has 2 heterocycles. The average molecular weight is 238 g/mol. The first-order valence-electron chi connectivity index (χ1n) is 5.46. The maximum atomic E-state index is 11.9. The number of rotatable bonds is 2.